The Morgan fingerprint density at radius 2 is 2.08 bits per heavy atom. The van der Waals surface area contributed by atoms with Gasteiger partial charge in [-0.05, 0) is 37.1 Å². The zero-order valence-electron chi connectivity index (χ0n) is 12.7. The normalized spacial score (nSPS) is 18.2. The zero-order valence-corrected chi connectivity index (χ0v) is 12.7. The number of likely N-dealkylation sites (tertiary alicyclic amines) is 1. The molecule has 0 radical (unpaired) electrons. The second-order valence-electron chi connectivity index (χ2n) is 5.72. The highest BCUT2D eigenvalue weighted by Gasteiger charge is 2.32. The topological polar surface area (TPSA) is 53.7 Å². The molecule has 0 saturated carbocycles. The third-order valence-electron chi connectivity index (χ3n) is 4.14. The number of rotatable bonds is 3. The Balaban J connectivity index is 1.85. The van der Waals surface area contributed by atoms with Crippen molar-refractivity contribution in [2.24, 2.45) is 0 Å². The maximum absolute atomic E-state index is 12.8. The standard InChI is InChI=1S/C17H16F3NO3/c18-17(19,20)12-4-1-3-11(9-12)14-6-7-15(24-14)16(23)21-8-2-5-13(21)10-22/h1,3-4,6-7,9,13,22H,2,5,8,10H2/t13-/m1/s1. The van der Waals surface area contributed by atoms with E-state index in [1.165, 1.54) is 29.2 Å². The van der Waals surface area contributed by atoms with Gasteiger partial charge in [-0.3, -0.25) is 4.79 Å². The number of halogens is 3. The van der Waals surface area contributed by atoms with Crippen molar-refractivity contribution in [3.8, 4) is 11.3 Å². The van der Waals surface area contributed by atoms with Crippen LogP contribution in [0.2, 0.25) is 0 Å². The van der Waals surface area contributed by atoms with Crippen molar-refractivity contribution < 1.29 is 27.5 Å². The van der Waals surface area contributed by atoms with Crippen LogP contribution < -0.4 is 0 Å². The van der Waals surface area contributed by atoms with Crippen LogP contribution in [0.25, 0.3) is 11.3 Å². The van der Waals surface area contributed by atoms with E-state index in [0.717, 1.165) is 25.0 Å². The number of amides is 1. The minimum Gasteiger partial charge on any atom is -0.451 e. The van der Waals surface area contributed by atoms with E-state index in [4.69, 9.17) is 4.42 Å². The Bertz CT molecular complexity index is 739. The summed E-state index contributed by atoms with van der Waals surface area (Å²) < 4.78 is 43.8. The van der Waals surface area contributed by atoms with Gasteiger partial charge in [-0.25, -0.2) is 0 Å². The molecule has 128 valence electrons. The van der Waals surface area contributed by atoms with E-state index in [2.05, 4.69) is 0 Å². The summed E-state index contributed by atoms with van der Waals surface area (Å²) in [6.07, 6.45) is -2.91. The molecule has 0 aliphatic carbocycles. The van der Waals surface area contributed by atoms with E-state index in [1.807, 2.05) is 0 Å². The number of hydrogen-bond acceptors (Lipinski definition) is 3. The quantitative estimate of drug-likeness (QED) is 0.930. The lowest BCUT2D eigenvalue weighted by Gasteiger charge is -2.21. The predicted octanol–water partition coefficient (Wildman–Crippen LogP) is 3.56. The van der Waals surface area contributed by atoms with Gasteiger partial charge in [-0.15, -0.1) is 0 Å². The molecule has 0 unspecified atom stereocenters. The molecule has 1 N–H and O–H groups in total. The summed E-state index contributed by atoms with van der Waals surface area (Å²) in [6, 6.07) is 7.45. The van der Waals surface area contributed by atoms with E-state index >= 15 is 0 Å². The molecule has 1 aromatic carbocycles. The highest BCUT2D eigenvalue weighted by atomic mass is 19.4. The third kappa shape index (κ3) is 3.17. The number of carbonyl (C=O) groups excluding carboxylic acids is 1. The van der Waals surface area contributed by atoms with Crippen LogP contribution in [0.1, 0.15) is 29.0 Å². The number of nitrogens with zero attached hydrogens (tertiary/aromatic N) is 1. The van der Waals surface area contributed by atoms with Gasteiger partial charge in [0.2, 0.25) is 0 Å². The van der Waals surface area contributed by atoms with Gasteiger partial charge in [0.25, 0.3) is 5.91 Å². The Morgan fingerprint density at radius 1 is 1.29 bits per heavy atom. The fourth-order valence-electron chi connectivity index (χ4n) is 2.89. The van der Waals surface area contributed by atoms with Crippen LogP contribution in [0, 0.1) is 0 Å². The van der Waals surface area contributed by atoms with Crippen LogP contribution in [0.15, 0.2) is 40.8 Å². The molecule has 7 heteroatoms. The smallest absolute Gasteiger partial charge is 0.416 e. The molecule has 1 aliphatic rings. The first-order valence-corrected chi connectivity index (χ1v) is 7.59. The van der Waals surface area contributed by atoms with Crippen molar-refractivity contribution in [2.45, 2.75) is 25.1 Å². The van der Waals surface area contributed by atoms with E-state index in [-0.39, 0.29) is 35.6 Å². The largest absolute Gasteiger partial charge is 0.451 e. The van der Waals surface area contributed by atoms with Gasteiger partial charge in [0.05, 0.1) is 18.2 Å². The molecule has 4 nitrogen and oxygen atoms in total. The third-order valence-corrected chi connectivity index (χ3v) is 4.14. The molecule has 2 heterocycles. The average Bonchev–Trinajstić information content (AvgIpc) is 3.22. The molecule has 2 aromatic rings. The van der Waals surface area contributed by atoms with Crippen LogP contribution in [0.4, 0.5) is 13.2 Å². The summed E-state index contributed by atoms with van der Waals surface area (Å²) in [6.45, 7) is 0.413. The van der Waals surface area contributed by atoms with Gasteiger partial charge < -0.3 is 14.4 Å². The Hall–Kier alpha value is -2.28. The number of hydrogen-bond donors (Lipinski definition) is 1. The molecule has 3 rings (SSSR count). The number of furan rings is 1. The SMILES string of the molecule is O=C(c1ccc(-c2cccc(C(F)(F)F)c2)o1)N1CCC[C@@H]1CO. The van der Waals surface area contributed by atoms with Gasteiger partial charge >= 0.3 is 6.18 Å². The fraction of sp³-hybridized carbons (Fsp3) is 0.353. The molecule has 0 bridgehead atoms. The Labute approximate surface area is 136 Å². The molecule has 0 spiro atoms. The van der Waals surface area contributed by atoms with Crippen LogP contribution in [-0.2, 0) is 6.18 Å². The lowest BCUT2D eigenvalue weighted by molar-refractivity contribution is -0.137. The second kappa shape index (κ2) is 6.32. The first kappa shape index (κ1) is 16.6. The number of aliphatic hydroxyl groups is 1. The maximum Gasteiger partial charge on any atom is 0.416 e. The first-order chi connectivity index (χ1) is 11.4. The molecule has 1 atom stereocenters. The molecule has 24 heavy (non-hydrogen) atoms. The van der Waals surface area contributed by atoms with Gasteiger partial charge in [0.1, 0.15) is 5.76 Å². The van der Waals surface area contributed by atoms with Crippen molar-refractivity contribution in [3.05, 3.63) is 47.7 Å². The predicted molar refractivity (Wildman–Crippen MR) is 80.3 cm³/mol. The zero-order chi connectivity index (χ0) is 17.3. The Morgan fingerprint density at radius 3 is 2.79 bits per heavy atom. The molecular formula is C17H16F3NO3. The van der Waals surface area contributed by atoms with Gasteiger partial charge in [-0.1, -0.05) is 12.1 Å². The van der Waals surface area contributed by atoms with E-state index in [9.17, 15) is 23.1 Å². The lowest BCUT2D eigenvalue weighted by atomic mass is 10.1. The number of benzene rings is 1. The van der Waals surface area contributed by atoms with Crippen molar-refractivity contribution in [3.63, 3.8) is 0 Å². The molecular weight excluding hydrogens is 323 g/mol. The molecule has 1 fully saturated rings. The van der Waals surface area contributed by atoms with E-state index in [1.54, 1.807) is 0 Å². The molecule has 1 amide bonds. The van der Waals surface area contributed by atoms with Crippen molar-refractivity contribution in [2.75, 3.05) is 13.2 Å². The summed E-state index contributed by atoms with van der Waals surface area (Å²) in [5, 5.41) is 9.29. The van der Waals surface area contributed by atoms with Crippen molar-refractivity contribution in [1.29, 1.82) is 0 Å². The van der Waals surface area contributed by atoms with Gasteiger partial charge in [-0.2, -0.15) is 13.2 Å². The van der Waals surface area contributed by atoms with E-state index < -0.39 is 11.7 Å². The Kier molecular flexibility index (Phi) is 4.36. The summed E-state index contributed by atoms with van der Waals surface area (Å²) in [5.74, 6) is -0.100. The van der Waals surface area contributed by atoms with Crippen molar-refractivity contribution >= 4 is 5.91 Å². The average molecular weight is 339 g/mol. The van der Waals surface area contributed by atoms with Crippen LogP contribution >= 0.6 is 0 Å². The summed E-state index contributed by atoms with van der Waals surface area (Å²) in [5.41, 5.74) is -0.520. The van der Waals surface area contributed by atoms with Gasteiger partial charge in [0, 0.05) is 12.1 Å². The van der Waals surface area contributed by atoms with Crippen LogP contribution in [0.3, 0.4) is 0 Å². The minimum absolute atomic E-state index is 0.0581. The van der Waals surface area contributed by atoms with E-state index in [0.29, 0.717) is 6.54 Å². The summed E-state index contributed by atoms with van der Waals surface area (Å²) in [4.78, 5) is 14.0. The fourth-order valence-corrected chi connectivity index (χ4v) is 2.89. The number of carbonyl (C=O) groups is 1. The van der Waals surface area contributed by atoms with Crippen LogP contribution in [0.5, 0.6) is 0 Å². The molecule has 1 aliphatic heterocycles. The molecule has 1 saturated heterocycles. The van der Waals surface area contributed by atoms with Crippen LogP contribution in [-0.4, -0.2) is 35.1 Å². The highest BCUT2D eigenvalue weighted by molar-refractivity contribution is 5.92. The number of alkyl halides is 3. The first-order valence-electron chi connectivity index (χ1n) is 7.59. The number of aliphatic hydroxyl groups excluding tert-OH is 1. The highest BCUT2D eigenvalue weighted by Crippen LogP contribution is 2.33. The van der Waals surface area contributed by atoms with Gasteiger partial charge in [0.15, 0.2) is 5.76 Å². The summed E-state index contributed by atoms with van der Waals surface area (Å²) in [7, 11) is 0. The van der Waals surface area contributed by atoms with Crippen molar-refractivity contribution in [1.82, 2.24) is 4.90 Å². The maximum atomic E-state index is 12.8. The minimum atomic E-state index is -4.44. The lowest BCUT2D eigenvalue weighted by Crippen LogP contribution is -2.37. The monoisotopic (exact) mass is 339 g/mol. The molecule has 1 aromatic heterocycles. The summed E-state index contributed by atoms with van der Waals surface area (Å²) >= 11 is 0. The second-order valence-corrected chi connectivity index (χ2v) is 5.72.